The van der Waals surface area contributed by atoms with E-state index in [4.69, 9.17) is 14.2 Å². The van der Waals surface area contributed by atoms with Gasteiger partial charge in [0.15, 0.2) is 18.1 Å². The predicted molar refractivity (Wildman–Crippen MR) is 96.9 cm³/mol. The molecule has 0 atom stereocenters. The summed E-state index contributed by atoms with van der Waals surface area (Å²) < 4.78 is 16.1. The lowest BCUT2D eigenvalue weighted by Gasteiger charge is -2.21. The van der Waals surface area contributed by atoms with Crippen molar-refractivity contribution >= 4 is 27.8 Å². The third kappa shape index (κ3) is 4.88. The van der Waals surface area contributed by atoms with Gasteiger partial charge in [-0.15, -0.1) is 0 Å². The molecule has 0 unspecified atom stereocenters. The molecule has 0 aliphatic heterocycles. The summed E-state index contributed by atoms with van der Waals surface area (Å²) in [5, 5.41) is 11.9. The number of esters is 1. The molecular weight excluding hydrogens is 404 g/mol. The summed E-state index contributed by atoms with van der Waals surface area (Å²) in [4.78, 5) is 24.0. The third-order valence-electron chi connectivity index (χ3n) is 4.30. The van der Waals surface area contributed by atoms with E-state index in [-0.39, 0.29) is 6.42 Å². The van der Waals surface area contributed by atoms with Gasteiger partial charge < -0.3 is 19.5 Å². The molecule has 0 aromatic heterocycles. The smallest absolute Gasteiger partial charge is 0.310 e. The van der Waals surface area contributed by atoms with Crippen molar-refractivity contribution in [2.75, 3.05) is 20.8 Å². The van der Waals surface area contributed by atoms with Crippen molar-refractivity contribution in [3.05, 3.63) is 22.2 Å². The van der Waals surface area contributed by atoms with Crippen LogP contribution >= 0.6 is 15.9 Å². The average molecular weight is 425 g/mol. The van der Waals surface area contributed by atoms with E-state index in [9.17, 15) is 14.9 Å². The third-order valence-corrected chi connectivity index (χ3v) is 5.04. The Morgan fingerprint density at radius 3 is 2.42 bits per heavy atom. The Kier molecular flexibility index (Phi) is 6.86. The van der Waals surface area contributed by atoms with Crippen LogP contribution in [-0.4, -0.2) is 38.2 Å². The lowest BCUT2D eigenvalue weighted by molar-refractivity contribution is -0.148. The summed E-state index contributed by atoms with van der Waals surface area (Å²) in [6, 6.07) is 5.54. The van der Waals surface area contributed by atoms with Gasteiger partial charge in [-0.1, -0.05) is 15.9 Å². The summed E-state index contributed by atoms with van der Waals surface area (Å²) >= 11 is 3.38. The van der Waals surface area contributed by atoms with Gasteiger partial charge in [0.2, 0.25) is 0 Å². The molecule has 1 aromatic carbocycles. The molecule has 0 radical (unpaired) electrons. The van der Waals surface area contributed by atoms with E-state index in [1.807, 2.05) is 0 Å². The minimum Gasteiger partial charge on any atom is -0.493 e. The topological polar surface area (TPSA) is 97.6 Å². The largest absolute Gasteiger partial charge is 0.493 e. The maximum absolute atomic E-state index is 12.0. The number of ether oxygens (including phenoxy) is 3. The number of halogens is 1. The average Bonchev–Trinajstić information content (AvgIpc) is 3.10. The molecular formula is C18H21BrN2O5. The number of methoxy groups -OCH3 is 2. The number of carbonyl (C=O) groups is 2. The number of amides is 1. The fraction of sp³-hybridized carbons (Fsp3) is 0.500. The SMILES string of the molecule is COc1cc(Br)c(CC(=O)OCC(=O)NC2(C#N)CCCC2)cc1OC. The summed E-state index contributed by atoms with van der Waals surface area (Å²) in [6.07, 6.45) is 3.03. The first-order valence-corrected chi connectivity index (χ1v) is 9.00. The number of carbonyl (C=O) groups excluding carboxylic acids is 2. The van der Waals surface area contributed by atoms with Crippen molar-refractivity contribution in [3.63, 3.8) is 0 Å². The Hall–Kier alpha value is -2.27. The molecule has 8 heteroatoms. The molecule has 0 heterocycles. The minimum atomic E-state index is -0.824. The highest BCUT2D eigenvalue weighted by atomic mass is 79.9. The van der Waals surface area contributed by atoms with Crippen LogP contribution in [0.25, 0.3) is 0 Å². The van der Waals surface area contributed by atoms with Gasteiger partial charge in [-0.2, -0.15) is 5.26 Å². The molecule has 140 valence electrons. The second-order valence-electron chi connectivity index (χ2n) is 6.09. The molecule has 2 rings (SSSR count). The number of nitriles is 1. The molecule has 1 aromatic rings. The van der Waals surface area contributed by atoms with Gasteiger partial charge in [-0.3, -0.25) is 9.59 Å². The van der Waals surface area contributed by atoms with Gasteiger partial charge >= 0.3 is 5.97 Å². The normalized spacial score (nSPS) is 15.0. The Morgan fingerprint density at radius 1 is 1.23 bits per heavy atom. The van der Waals surface area contributed by atoms with Crippen molar-refractivity contribution in [3.8, 4) is 17.6 Å². The summed E-state index contributed by atoms with van der Waals surface area (Å²) in [5.74, 6) is 0.0151. The van der Waals surface area contributed by atoms with E-state index < -0.39 is 24.0 Å². The van der Waals surface area contributed by atoms with E-state index in [0.717, 1.165) is 12.8 Å². The minimum absolute atomic E-state index is 0.0301. The highest BCUT2D eigenvalue weighted by molar-refractivity contribution is 9.10. The lowest BCUT2D eigenvalue weighted by Crippen LogP contribution is -2.46. The van der Waals surface area contributed by atoms with Gasteiger partial charge in [-0.25, -0.2) is 0 Å². The number of rotatable bonds is 7. The summed E-state index contributed by atoms with van der Waals surface area (Å²) in [6.45, 7) is -0.410. The number of nitrogens with one attached hydrogen (secondary N) is 1. The first kappa shape index (κ1) is 20.0. The Labute approximate surface area is 160 Å². The molecule has 1 fully saturated rings. The zero-order valence-corrected chi connectivity index (χ0v) is 16.3. The Bertz CT molecular complexity index is 723. The summed E-state index contributed by atoms with van der Waals surface area (Å²) in [5.41, 5.74) is -0.173. The van der Waals surface area contributed by atoms with E-state index in [1.165, 1.54) is 14.2 Å². The van der Waals surface area contributed by atoms with Crippen molar-refractivity contribution in [1.29, 1.82) is 5.26 Å². The van der Waals surface area contributed by atoms with Crippen LogP contribution < -0.4 is 14.8 Å². The monoisotopic (exact) mass is 424 g/mol. The molecule has 26 heavy (non-hydrogen) atoms. The number of hydrogen-bond donors (Lipinski definition) is 1. The van der Waals surface area contributed by atoms with Crippen molar-refractivity contribution in [1.82, 2.24) is 5.32 Å². The van der Waals surface area contributed by atoms with Crippen LogP contribution in [0.5, 0.6) is 11.5 Å². The van der Waals surface area contributed by atoms with Gasteiger partial charge in [0, 0.05) is 4.47 Å². The molecule has 1 N–H and O–H groups in total. The first-order chi connectivity index (χ1) is 12.4. The van der Waals surface area contributed by atoms with Crippen LogP contribution in [-0.2, 0) is 20.7 Å². The van der Waals surface area contributed by atoms with Crippen molar-refractivity contribution in [2.24, 2.45) is 0 Å². The fourth-order valence-electron chi connectivity index (χ4n) is 2.93. The van der Waals surface area contributed by atoms with Crippen LogP contribution in [0.3, 0.4) is 0 Å². The molecule has 0 spiro atoms. The maximum atomic E-state index is 12.0. The van der Waals surface area contributed by atoms with Crippen LogP contribution in [0.2, 0.25) is 0 Å². The first-order valence-electron chi connectivity index (χ1n) is 8.21. The van der Waals surface area contributed by atoms with Crippen LogP contribution in [0.15, 0.2) is 16.6 Å². The fourth-order valence-corrected chi connectivity index (χ4v) is 3.39. The molecule has 7 nitrogen and oxygen atoms in total. The van der Waals surface area contributed by atoms with E-state index in [0.29, 0.717) is 34.4 Å². The second-order valence-corrected chi connectivity index (χ2v) is 6.94. The van der Waals surface area contributed by atoms with Crippen molar-refractivity contribution in [2.45, 2.75) is 37.6 Å². The van der Waals surface area contributed by atoms with Crippen LogP contribution in [0.1, 0.15) is 31.2 Å². The lowest BCUT2D eigenvalue weighted by atomic mass is 10.00. The maximum Gasteiger partial charge on any atom is 0.310 e. The second kappa shape index (κ2) is 8.90. The highest BCUT2D eigenvalue weighted by Gasteiger charge is 2.35. The number of benzene rings is 1. The standard InChI is InChI=1S/C18H21BrN2O5/c1-24-14-7-12(13(19)9-15(14)25-2)8-17(23)26-10-16(22)21-18(11-20)5-3-4-6-18/h7,9H,3-6,8,10H2,1-2H3,(H,21,22). The highest BCUT2D eigenvalue weighted by Crippen LogP contribution is 2.33. The van der Waals surface area contributed by atoms with Gasteiger partial charge in [0.25, 0.3) is 5.91 Å². The predicted octanol–water partition coefficient (Wildman–Crippen LogP) is 2.50. The molecule has 1 saturated carbocycles. The van der Waals surface area contributed by atoms with Crippen LogP contribution in [0.4, 0.5) is 0 Å². The van der Waals surface area contributed by atoms with Crippen LogP contribution in [0, 0.1) is 11.3 Å². The zero-order valence-electron chi connectivity index (χ0n) is 14.8. The summed E-state index contributed by atoms with van der Waals surface area (Å²) in [7, 11) is 3.03. The van der Waals surface area contributed by atoms with Crippen molar-refractivity contribution < 1.29 is 23.8 Å². The van der Waals surface area contributed by atoms with E-state index >= 15 is 0 Å². The van der Waals surface area contributed by atoms with Gasteiger partial charge in [-0.05, 0) is 43.4 Å². The number of hydrogen-bond acceptors (Lipinski definition) is 6. The Balaban J connectivity index is 1.91. The van der Waals surface area contributed by atoms with E-state index in [2.05, 4.69) is 27.3 Å². The van der Waals surface area contributed by atoms with Gasteiger partial charge in [0.1, 0.15) is 5.54 Å². The molecule has 1 aliphatic rings. The molecule has 0 bridgehead atoms. The molecule has 1 aliphatic carbocycles. The van der Waals surface area contributed by atoms with Gasteiger partial charge in [0.05, 0.1) is 26.7 Å². The zero-order chi connectivity index (χ0) is 19.2. The quantitative estimate of drug-likeness (QED) is 0.675. The number of nitrogens with zero attached hydrogens (tertiary/aromatic N) is 1. The van der Waals surface area contributed by atoms with E-state index in [1.54, 1.807) is 12.1 Å². The Morgan fingerprint density at radius 2 is 1.85 bits per heavy atom. The molecule has 1 amide bonds. The molecule has 0 saturated heterocycles.